The van der Waals surface area contributed by atoms with E-state index in [1.54, 1.807) is 7.11 Å². The fraction of sp³-hybridized carbons (Fsp3) is 0.579. The molecule has 3 amide bonds. The Kier molecular flexibility index (Phi) is 4.27. The number of rotatable bonds is 4. The molecule has 2 atom stereocenters. The van der Waals surface area contributed by atoms with E-state index in [0.29, 0.717) is 5.92 Å². The summed E-state index contributed by atoms with van der Waals surface area (Å²) >= 11 is 0. The number of nitrogens with one attached hydrogen (secondary N) is 1. The minimum atomic E-state index is 0.0477. The van der Waals surface area contributed by atoms with Crippen LogP contribution in [0.5, 0.6) is 5.75 Å². The zero-order valence-electron chi connectivity index (χ0n) is 14.6. The van der Waals surface area contributed by atoms with Gasteiger partial charge in [0.25, 0.3) is 0 Å². The molecular formula is C19H25N3O3. The molecule has 2 heterocycles. The third kappa shape index (κ3) is 3.17. The maximum atomic E-state index is 12.8. The Morgan fingerprint density at radius 3 is 2.48 bits per heavy atom. The summed E-state index contributed by atoms with van der Waals surface area (Å²) in [6.45, 7) is 3.06. The SMILES string of the molecule is COc1ccc([C@@H]2C[C@@H]2C(=O)N2CCC(N3CCNC3=O)CC2)cc1. The second kappa shape index (κ2) is 6.58. The lowest BCUT2D eigenvalue weighted by atomic mass is 10.0. The molecule has 0 aromatic heterocycles. The molecule has 1 aliphatic carbocycles. The number of carbonyl (C=O) groups is 2. The molecule has 4 rings (SSSR count). The second-order valence-electron chi connectivity index (χ2n) is 7.20. The second-order valence-corrected chi connectivity index (χ2v) is 7.20. The molecular weight excluding hydrogens is 318 g/mol. The van der Waals surface area contributed by atoms with E-state index in [1.165, 1.54) is 5.56 Å². The zero-order chi connectivity index (χ0) is 17.4. The average molecular weight is 343 g/mol. The molecule has 2 aliphatic heterocycles. The van der Waals surface area contributed by atoms with Crippen molar-refractivity contribution in [3.05, 3.63) is 29.8 Å². The van der Waals surface area contributed by atoms with Gasteiger partial charge >= 0.3 is 6.03 Å². The summed E-state index contributed by atoms with van der Waals surface area (Å²) < 4.78 is 5.19. The fourth-order valence-electron chi connectivity index (χ4n) is 4.15. The molecule has 134 valence electrons. The number of carbonyl (C=O) groups excluding carboxylic acids is 2. The van der Waals surface area contributed by atoms with Gasteiger partial charge in [0, 0.05) is 38.1 Å². The monoisotopic (exact) mass is 343 g/mol. The predicted molar refractivity (Wildman–Crippen MR) is 93.5 cm³/mol. The van der Waals surface area contributed by atoms with Gasteiger partial charge in [0.15, 0.2) is 0 Å². The van der Waals surface area contributed by atoms with E-state index in [1.807, 2.05) is 21.9 Å². The molecule has 0 radical (unpaired) electrons. The van der Waals surface area contributed by atoms with Gasteiger partial charge in [0.05, 0.1) is 7.11 Å². The van der Waals surface area contributed by atoms with E-state index in [2.05, 4.69) is 17.4 Å². The lowest BCUT2D eigenvalue weighted by Gasteiger charge is -2.36. The highest BCUT2D eigenvalue weighted by atomic mass is 16.5. The van der Waals surface area contributed by atoms with Crippen molar-refractivity contribution in [3.8, 4) is 5.75 Å². The van der Waals surface area contributed by atoms with Crippen LogP contribution in [0, 0.1) is 5.92 Å². The first-order chi connectivity index (χ1) is 12.2. The number of hydrogen-bond donors (Lipinski definition) is 1. The van der Waals surface area contributed by atoms with Gasteiger partial charge in [-0.15, -0.1) is 0 Å². The number of hydrogen-bond acceptors (Lipinski definition) is 3. The van der Waals surface area contributed by atoms with Gasteiger partial charge in [-0.3, -0.25) is 4.79 Å². The van der Waals surface area contributed by atoms with Crippen LogP contribution in [0.25, 0.3) is 0 Å². The summed E-state index contributed by atoms with van der Waals surface area (Å²) in [6.07, 6.45) is 2.72. The zero-order valence-corrected chi connectivity index (χ0v) is 14.6. The molecule has 1 aromatic rings. The number of nitrogens with zero attached hydrogens (tertiary/aromatic N) is 2. The molecule has 0 spiro atoms. The van der Waals surface area contributed by atoms with Crippen LogP contribution in [0.1, 0.15) is 30.7 Å². The summed E-state index contributed by atoms with van der Waals surface area (Å²) in [6, 6.07) is 8.38. The van der Waals surface area contributed by atoms with Gasteiger partial charge in [0.2, 0.25) is 5.91 Å². The number of likely N-dealkylation sites (tertiary alicyclic amines) is 1. The highest BCUT2D eigenvalue weighted by molar-refractivity contribution is 5.83. The van der Waals surface area contributed by atoms with Crippen LogP contribution in [-0.2, 0) is 4.79 Å². The van der Waals surface area contributed by atoms with Crippen LogP contribution < -0.4 is 10.1 Å². The molecule has 3 fully saturated rings. The van der Waals surface area contributed by atoms with E-state index >= 15 is 0 Å². The van der Waals surface area contributed by atoms with Crippen LogP contribution >= 0.6 is 0 Å². The maximum Gasteiger partial charge on any atom is 0.317 e. The van der Waals surface area contributed by atoms with E-state index in [0.717, 1.165) is 51.2 Å². The summed E-state index contributed by atoms with van der Waals surface area (Å²) in [5.74, 6) is 1.60. The maximum absolute atomic E-state index is 12.8. The number of benzene rings is 1. The van der Waals surface area contributed by atoms with Crippen molar-refractivity contribution in [3.63, 3.8) is 0 Å². The lowest BCUT2D eigenvalue weighted by Crippen LogP contribution is -2.48. The molecule has 6 nitrogen and oxygen atoms in total. The van der Waals surface area contributed by atoms with Crippen molar-refractivity contribution in [2.45, 2.75) is 31.2 Å². The highest BCUT2D eigenvalue weighted by Gasteiger charge is 2.46. The van der Waals surface area contributed by atoms with E-state index in [9.17, 15) is 9.59 Å². The molecule has 25 heavy (non-hydrogen) atoms. The van der Waals surface area contributed by atoms with Gasteiger partial charge in [0.1, 0.15) is 5.75 Å². The predicted octanol–water partition coefficient (Wildman–Crippen LogP) is 1.81. The van der Waals surface area contributed by atoms with Gasteiger partial charge in [-0.2, -0.15) is 0 Å². The largest absolute Gasteiger partial charge is 0.497 e. The highest BCUT2D eigenvalue weighted by Crippen LogP contribution is 2.49. The molecule has 0 bridgehead atoms. The minimum Gasteiger partial charge on any atom is -0.497 e. The van der Waals surface area contributed by atoms with Crippen molar-refractivity contribution >= 4 is 11.9 Å². The van der Waals surface area contributed by atoms with Crippen LogP contribution in [-0.4, -0.2) is 61.1 Å². The summed E-state index contributed by atoms with van der Waals surface area (Å²) in [4.78, 5) is 28.5. The average Bonchev–Trinajstić information content (AvgIpc) is 3.35. The third-order valence-electron chi connectivity index (χ3n) is 5.76. The van der Waals surface area contributed by atoms with Crippen molar-refractivity contribution in [2.24, 2.45) is 5.92 Å². The Balaban J connectivity index is 1.30. The number of methoxy groups -OCH3 is 1. The third-order valence-corrected chi connectivity index (χ3v) is 5.76. The Bertz CT molecular complexity index is 652. The van der Waals surface area contributed by atoms with E-state index in [4.69, 9.17) is 4.74 Å². The van der Waals surface area contributed by atoms with Crippen molar-refractivity contribution < 1.29 is 14.3 Å². The van der Waals surface area contributed by atoms with Crippen LogP contribution in [0.3, 0.4) is 0 Å². The first kappa shape index (κ1) is 16.2. The van der Waals surface area contributed by atoms with Crippen molar-refractivity contribution in [2.75, 3.05) is 33.3 Å². The van der Waals surface area contributed by atoms with Gasteiger partial charge in [-0.05, 0) is 42.9 Å². The van der Waals surface area contributed by atoms with Crippen molar-refractivity contribution in [1.29, 1.82) is 0 Å². The van der Waals surface area contributed by atoms with Gasteiger partial charge < -0.3 is 19.9 Å². The molecule has 1 aromatic carbocycles. The number of urea groups is 1. The Morgan fingerprint density at radius 2 is 1.88 bits per heavy atom. The van der Waals surface area contributed by atoms with Crippen LogP contribution in [0.4, 0.5) is 4.79 Å². The minimum absolute atomic E-state index is 0.0477. The van der Waals surface area contributed by atoms with Crippen molar-refractivity contribution in [1.82, 2.24) is 15.1 Å². The van der Waals surface area contributed by atoms with Gasteiger partial charge in [-0.1, -0.05) is 12.1 Å². The fourth-order valence-corrected chi connectivity index (χ4v) is 4.15. The molecule has 6 heteroatoms. The van der Waals surface area contributed by atoms with E-state index in [-0.39, 0.29) is 23.9 Å². The number of piperidine rings is 1. The topological polar surface area (TPSA) is 61.9 Å². The molecule has 1 saturated carbocycles. The van der Waals surface area contributed by atoms with Crippen LogP contribution in [0.15, 0.2) is 24.3 Å². The Labute approximate surface area is 148 Å². The van der Waals surface area contributed by atoms with E-state index < -0.39 is 0 Å². The standard InChI is InChI=1S/C19H25N3O3/c1-25-15-4-2-13(3-5-15)16-12-17(16)18(23)21-9-6-14(7-10-21)22-11-8-20-19(22)24/h2-5,14,16-17H,6-12H2,1H3,(H,20,24)/t16-,17-/m0/s1. The Hall–Kier alpha value is -2.24. The van der Waals surface area contributed by atoms with Crippen LogP contribution in [0.2, 0.25) is 0 Å². The normalized spacial score (nSPS) is 26.5. The molecule has 0 unspecified atom stereocenters. The number of amides is 3. The summed E-state index contributed by atoms with van der Waals surface area (Å²) in [5, 5.41) is 2.86. The molecule has 3 aliphatic rings. The van der Waals surface area contributed by atoms with Gasteiger partial charge in [-0.25, -0.2) is 4.79 Å². The summed E-state index contributed by atoms with van der Waals surface area (Å²) in [5.41, 5.74) is 1.22. The number of ether oxygens (including phenoxy) is 1. The quantitative estimate of drug-likeness (QED) is 0.907. The first-order valence-electron chi connectivity index (χ1n) is 9.14. The summed E-state index contributed by atoms with van der Waals surface area (Å²) in [7, 11) is 1.66. The molecule has 2 saturated heterocycles. The smallest absolute Gasteiger partial charge is 0.317 e. The first-order valence-corrected chi connectivity index (χ1v) is 9.14. The molecule has 1 N–H and O–H groups in total. The Morgan fingerprint density at radius 1 is 1.16 bits per heavy atom. The lowest BCUT2D eigenvalue weighted by molar-refractivity contribution is -0.134.